The van der Waals surface area contributed by atoms with Crippen LogP contribution in [0.15, 0.2) is 36.4 Å². The molecule has 0 fully saturated rings. The van der Waals surface area contributed by atoms with Gasteiger partial charge in [0.15, 0.2) is 11.6 Å². The first kappa shape index (κ1) is 20.0. The van der Waals surface area contributed by atoms with E-state index in [2.05, 4.69) is 4.85 Å². The van der Waals surface area contributed by atoms with E-state index in [0.29, 0.717) is 30.6 Å². The zero-order chi connectivity index (χ0) is 19.3. The number of benzene rings is 2. The van der Waals surface area contributed by atoms with Gasteiger partial charge in [0.05, 0.1) is 12.7 Å². The summed E-state index contributed by atoms with van der Waals surface area (Å²) in [6.45, 7) is 11.7. The van der Waals surface area contributed by atoms with Gasteiger partial charge in [-0.3, -0.25) is 4.90 Å². The van der Waals surface area contributed by atoms with Crippen molar-refractivity contribution in [1.29, 1.82) is 0 Å². The molecule has 0 heterocycles. The molecule has 0 aliphatic rings. The fourth-order valence-corrected chi connectivity index (χ4v) is 2.67. The molecule has 0 saturated heterocycles. The molecular weight excluding hydrogens is 341 g/mol. The maximum absolute atomic E-state index is 13.7. The Hall–Kier alpha value is -2.36. The van der Waals surface area contributed by atoms with Gasteiger partial charge < -0.3 is 5.11 Å². The molecule has 0 radical (unpaired) electrons. The molecule has 3 nitrogen and oxygen atoms in total. The van der Waals surface area contributed by atoms with E-state index in [-0.39, 0.29) is 11.7 Å². The summed E-state index contributed by atoms with van der Waals surface area (Å²) in [5.74, 6) is -2.43. The molecule has 0 bridgehead atoms. The molecule has 0 aromatic heterocycles. The highest BCUT2D eigenvalue weighted by molar-refractivity contribution is 5.47. The summed E-state index contributed by atoms with van der Waals surface area (Å²) in [7, 11) is 0. The Morgan fingerprint density at radius 1 is 1.04 bits per heavy atom. The molecule has 0 aliphatic heterocycles. The van der Waals surface area contributed by atoms with Gasteiger partial charge in [0.1, 0.15) is 5.82 Å². The molecule has 1 atom stereocenters. The maximum Gasteiger partial charge on any atom is 0.222 e. The van der Waals surface area contributed by atoms with Gasteiger partial charge in [-0.15, -0.1) is 0 Å². The van der Waals surface area contributed by atoms with Crippen LogP contribution in [0.3, 0.4) is 0 Å². The molecule has 1 unspecified atom stereocenters. The summed E-state index contributed by atoms with van der Waals surface area (Å²) in [4.78, 5) is 5.07. The fourth-order valence-electron chi connectivity index (χ4n) is 2.67. The van der Waals surface area contributed by atoms with Crippen LogP contribution in [0.5, 0.6) is 0 Å². The maximum atomic E-state index is 13.7. The lowest BCUT2D eigenvalue weighted by Gasteiger charge is -2.27. The second-order valence-corrected chi connectivity index (χ2v) is 6.44. The summed E-state index contributed by atoms with van der Waals surface area (Å²) in [5, 5.41) is 10.3. The van der Waals surface area contributed by atoms with Crippen molar-refractivity contribution in [2.24, 2.45) is 0 Å². The van der Waals surface area contributed by atoms with E-state index in [1.54, 1.807) is 0 Å². The van der Waals surface area contributed by atoms with Gasteiger partial charge in [-0.1, -0.05) is 18.2 Å². The third-order valence-electron chi connectivity index (χ3n) is 4.27. The number of aliphatic hydroxyl groups excluding tert-OH is 1. The van der Waals surface area contributed by atoms with Gasteiger partial charge in [-0.2, -0.15) is 0 Å². The minimum absolute atomic E-state index is 0.0805. The molecular formula is C20H21F3N2O. The average Bonchev–Trinajstić information content (AvgIpc) is 2.60. The molecule has 0 saturated carbocycles. The van der Waals surface area contributed by atoms with Crippen LogP contribution in [0.2, 0.25) is 0 Å². The molecule has 6 heteroatoms. The molecule has 2 aromatic carbocycles. The highest BCUT2D eigenvalue weighted by Gasteiger charge is 2.16. The van der Waals surface area contributed by atoms with Crippen LogP contribution in [-0.4, -0.2) is 22.6 Å². The summed E-state index contributed by atoms with van der Waals surface area (Å²) < 4.78 is 40.1. The Labute approximate surface area is 151 Å². The zero-order valence-corrected chi connectivity index (χ0v) is 14.7. The smallest absolute Gasteiger partial charge is 0.222 e. The number of hydrogen-bond donors (Lipinski definition) is 1. The van der Waals surface area contributed by atoms with Crippen LogP contribution in [-0.2, 0) is 6.54 Å². The van der Waals surface area contributed by atoms with Gasteiger partial charge >= 0.3 is 0 Å². The molecule has 26 heavy (non-hydrogen) atoms. The minimum atomic E-state index is -0.887. The number of rotatable bonds is 7. The lowest BCUT2D eigenvalue weighted by Crippen LogP contribution is -2.32. The Kier molecular flexibility index (Phi) is 6.78. The highest BCUT2D eigenvalue weighted by Crippen LogP contribution is 2.25. The highest BCUT2D eigenvalue weighted by atomic mass is 19.2. The van der Waals surface area contributed by atoms with E-state index < -0.39 is 23.6 Å². The van der Waals surface area contributed by atoms with E-state index in [9.17, 15) is 18.3 Å². The summed E-state index contributed by atoms with van der Waals surface area (Å²) in [6, 6.07) is 7.98. The summed E-state index contributed by atoms with van der Waals surface area (Å²) in [6.07, 6.45) is -0.533. The van der Waals surface area contributed by atoms with Crippen LogP contribution in [0.4, 0.5) is 18.9 Å². The molecule has 0 amide bonds. The molecule has 2 rings (SSSR count). The molecule has 0 aliphatic carbocycles. The van der Waals surface area contributed by atoms with E-state index in [1.807, 2.05) is 18.7 Å². The monoisotopic (exact) mass is 362 g/mol. The lowest BCUT2D eigenvalue weighted by atomic mass is 10.0. The van der Waals surface area contributed by atoms with Gasteiger partial charge in [-0.05, 0) is 49.6 Å². The standard InChI is InChI=1S/C20H21F3N2O/c1-13(2)25(12-14-4-6-16(21)17(22)10-14)9-8-20(26)15-5-7-19(24-3)18(23)11-15/h4-7,10-11,13,20,26H,8-9,12H2,1-2H3. The zero-order valence-electron chi connectivity index (χ0n) is 14.7. The second kappa shape index (κ2) is 8.84. The van der Waals surface area contributed by atoms with Crippen molar-refractivity contribution in [3.8, 4) is 0 Å². The van der Waals surface area contributed by atoms with Gasteiger partial charge in [0.2, 0.25) is 5.69 Å². The van der Waals surface area contributed by atoms with Crippen molar-refractivity contribution in [2.45, 2.75) is 39.0 Å². The van der Waals surface area contributed by atoms with E-state index in [1.165, 1.54) is 30.3 Å². The SMILES string of the molecule is [C-]#[N+]c1ccc(C(O)CCN(Cc2ccc(F)c(F)c2)C(C)C)cc1F. The molecule has 1 N–H and O–H groups in total. The summed E-state index contributed by atoms with van der Waals surface area (Å²) >= 11 is 0. The largest absolute Gasteiger partial charge is 0.388 e. The third kappa shape index (κ3) is 5.07. The number of aliphatic hydroxyl groups is 1. The second-order valence-electron chi connectivity index (χ2n) is 6.44. The predicted molar refractivity (Wildman–Crippen MR) is 94.1 cm³/mol. The van der Waals surface area contributed by atoms with Crippen LogP contribution < -0.4 is 0 Å². The first-order valence-corrected chi connectivity index (χ1v) is 8.34. The number of halogens is 3. The Balaban J connectivity index is 2.02. The predicted octanol–water partition coefficient (Wildman–Crippen LogP) is 4.99. The van der Waals surface area contributed by atoms with Crippen molar-refractivity contribution >= 4 is 5.69 Å². The van der Waals surface area contributed by atoms with Crippen molar-refractivity contribution in [3.63, 3.8) is 0 Å². The molecule has 2 aromatic rings. The van der Waals surface area contributed by atoms with Gasteiger partial charge in [-0.25, -0.2) is 18.0 Å². The number of nitrogens with zero attached hydrogens (tertiary/aromatic N) is 2. The first-order valence-electron chi connectivity index (χ1n) is 8.34. The molecule has 0 spiro atoms. The van der Waals surface area contributed by atoms with Gasteiger partial charge in [0, 0.05) is 19.1 Å². The van der Waals surface area contributed by atoms with Crippen LogP contribution in [0.25, 0.3) is 4.85 Å². The summed E-state index contributed by atoms with van der Waals surface area (Å²) in [5.41, 5.74) is 0.967. The Bertz CT molecular complexity index is 802. The van der Waals surface area contributed by atoms with E-state index in [4.69, 9.17) is 6.57 Å². The van der Waals surface area contributed by atoms with E-state index in [0.717, 1.165) is 6.07 Å². The Morgan fingerprint density at radius 3 is 2.35 bits per heavy atom. The topological polar surface area (TPSA) is 27.8 Å². The van der Waals surface area contributed by atoms with E-state index >= 15 is 0 Å². The van der Waals surface area contributed by atoms with Crippen molar-refractivity contribution in [1.82, 2.24) is 4.90 Å². The van der Waals surface area contributed by atoms with Crippen LogP contribution >= 0.6 is 0 Å². The van der Waals surface area contributed by atoms with Crippen LogP contribution in [0.1, 0.15) is 37.5 Å². The fraction of sp³-hybridized carbons (Fsp3) is 0.350. The third-order valence-corrected chi connectivity index (χ3v) is 4.27. The average molecular weight is 362 g/mol. The molecule has 138 valence electrons. The first-order chi connectivity index (χ1) is 12.3. The normalized spacial score (nSPS) is 12.4. The number of hydrogen-bond acceptors (Lipinski definition) is 2. The van der Waals surface area contributed by atoms with Crippen molar-refractivity contribution in [3.05, 3.63) is 76.4 Å². The van der Waals surface area contributed by atoms with Crippen molar-refractivity contribution < 1.29 is 18.3 Å². The quantitative estimate of drug-likeness (QED) is 0.703. The lowest BCUT2D eigenvalue weighted by molar-refractivity contribution is 0.126. The van der Waals surface area contributed by atoms with Crippen LogP contribution in [0, 0.1) is 24.0 Å². The van der Waals surface area contributed by atoms with Gasteiger partial charge in [0.25, 0.3) is 0 Å². The minimum Gasteiger partial charge on any atom is -0.388 e. The van der Waals surface area contributed by atoms with Crippen molar-refractivity contribution in [2.75, 3.05) is 6.54 Å². The Morgan fingerprint density at radius 2 is 1.77 bits per heavy atom.